The van der Waals surface area contributed by atoms with Crippen molar-refractivity contribution in [3.05, 3.63) is 167 Å². The first-order valence-corrected chi connectivity index (χ1v) is 40.4. The van der Waals surface area contributed by atoms with Crippen LogP contribution in [0.3, 0.4) is 0 Å². The molecule has 8 heterocycles. The quantitative estimate of drug-likeness (QED) is 0.0270. The number of nitrogens with zero attached hydrogens (tertiary/aromatic N) is 20. The van der Waals surface area contributed by atoms with Gasteiger partial charge in [-0.05, 0) is 157 Å². The number of carbonyl (C=O) groups is 12. The van der Waals surface area contributed by atoms with E-state index in [9.17, 15) is 62.6 Å². The second-order valence-electron chi connectivity index (χ2n) is 30.1. The fraction of sp³-hybridized carbons (Fsp3) is 0.294. The van der Waals surface area contributed by atoms with E-state index in [2.05, 4.69) is 95.7 Å². The number of amides is 3. The largest absolute Gasteiger partial charge is 0.481 e. The summed E-state index contributed by atoms with van der Waals surface area (Å²) >= 11 is 0. The fourth-order valence-corrected chi connectivity index (χ4v) is 12.2. The smallest absolute Gasteiger partial charge is 0.335 e. The first-order valence-electron chi connectivity index (χ1n) is 40.4. The summed E-state index contributed by atoms with van der Waals surface area (Å²) in [6.07, 6.45) is 6.96. The molecule has 0 saturated carbocycles. The van der Waals surface area contributed by atoms with E-state index in [0.29, 0.717) is 110 Å². The first-order chi connectivity index (χ1) is 62.9. The van der Waals surface area contributed by atoms with Crippen LogP contribution in [0, 0.1) is 0 Å². The molecule has 48 heteroatoms. The van der Waals surface area contributed by atoms with Gasteiger partial charge in [0.1, 0.15) is 23.4 Å². The van der Waals surface area contributed by atoms with Crippen LogP contribution in [0.5, 0.6) is 0 Å². The van der Waals surface area contributed by atoms with Crippen LogP contribution in [-0.2, 0) is 64.5 Å². The van der Waals surface area contributed by atoms with Crippen molar-refractivity contribution in [3.63, 3.8) is 0 Å². The summed E-state index contributed by atoms with van der Waals surface area (Å²) in [6.45, 7) is 8.57. The van der Waals surface area contributed by atoms with Crippen molar-refractivity contribution < 1.29 is 78.0 Å². The second-order valence-corrected chi connectivity index (χ2v) is 30.1. The number of aromatic carboxylic acids is 1. The van der Waals surface area contributed by atoms with Crippen LogP contribution in [0.1, 0.15) is 150 Å². The van der Waals surface area contributed by atoms with E-state index in [0.717, 1.165) is 22.7 Å². The Morgan fingerprint density at radius 3 is 0.789 bits per heavy atom. The summed E-state index contributed by atoms with van der Waals surface area (Å²) in [5.41, 5.74) is 60.9. The maximum absolute atomic E-state index is 12.5. The standard InChI is InChI=1S/C22H26N8O3.2C21H24N8O4.C15H15N7O2.C6H11NO3/c1-12(31)4-9-17(13(2)32)27-21(33)14-5-7-16(8-6-14)30(3)11-15-10-25-20-18(26-15)19(23)28-22(24)29-20;1-11(30)3-8-15(20(32)33)26-19(31)12-4-6-14(7-5-12)29(2)10-13-9-24-18-16(25-13)17(22)27-21(23)28-18;1-11(30)15(7-8-16(31)32)26-20(33)12-3-5-14(6-4-12)29(2)10-13-9-24-19-17(25-13)18(22)27-21(23)28-19;1-22(10-4-2-8(3-5-10)14(23)24)7-9-6-18-13-11(19-9)12(16)20-15(17)21-13;1-4(8)5(7)2-3-6(9)10/h5-8,10,17H,4,9,11H2,1-3H3,(H,27,33)(H4,23,24,25,28,29);4-7,9,15H,3,8,10H2,1-2H3,(H,26,31)(H,32,33)(H4,22,23,24,27,28);3-6,9,15H,7-8,10H2,1-2H3,(H,26,33)(H,31,32)(H4,22,23,24,27,28);2-6H,7H2,1H3,(H,23,24)(H4,16,17,18,20,21);5H,2-3,7H2,1H3,(H,9,10). The molecule has 0 aliphatic rings. The Kier molecular flexibility index (Phi) is 35.7. The molecule has 48 nitrogen and oxygen atoms in total. The average molecular weight is 1830 g/mol. The number of anilines is 12. The van der Waals surface area contributed by atoms with Crippen molar-refractivity contribution >= 4 is 185 Å². The Morgan fingerprint density at radius 2 is 0.556 bits per heavy atom. The molecular formula is C85H100N32O16. The van der Waals surface area contributed by atoms with E-state index in [-0.39, 0.29) is 139 Å². The molecule has 4 unspecified atom stereocenters. The predicted molar refractivity (Wildman–Crippen MR) is 492 cm³/mol. The van der Waals surface area contributed by atoms with E-state index in [4.69, 9.17) is 66.9 Å². The number of nitrogens with two attached hydrogens (primary N) is 9. The van der Waals surface area contributed by atoms with Crippen LogP contribution in [0.15, 0.2) is 122 Å². The lowest BCUT2D eigenvalue weighted by molar-refractivity contribution is -0.140. The summed E-state index contributed by atoms with van der Waals surface area (Å²) in [5.74, 6) is -5.49. The minimum atomic E-state index is -1.19. The number of aliphatic carboxylic acids is 3. The van der Waals surface area contributed by atoms with Crippen LogP contribution in [-0.4, -0.2) is 223 Å². The molecule has 0 radical (unpaired) electrons. The number of rotatable bonds is 35. The summed E-state index contributed by atoms with van der Waals surface area (Å²) in [7, 11) is 7.43. The number of hydrogen-bond acceptors (Lipinski definition) is 41. The number of hydrogen-bond donors (Lipinski definition) is 16. The van der Waals surface area contributed by atoms with Gasteiger partial charge in [0.05, 0.1) is 97.4 Å². The molecule has 8 aromatic heterocycles. The molecule has 4 aromatic carbocycles. The summed E-state index contributed by atoms with van der Waals surface area (Å²) in [6, 6.07) is 23.6. The minimum Gasteiger partial charge on any atom is -0.481 e. The molecule has 0 fully saturated rings. The van der Waals surface area contributed by atoms with Crippen molar-refractivity contribution in [3.8, 4) is 0 Å². The Hall–Kier alpha value is -17.2. The van der Waals surface area contributed by atoms with Gasteiger partial charge in [0.15, 0.2) is 79.5 Å². The maximum Gasteiger partial charge on any atom is 0.335 e. The number of ketones is 5. The molecule has 3 amide bonds. The number of benzene rings is 4. The molecule has 696 valence electrons. The zero-order valence-electron chi connectivity index (χ0n) is 73.7. The van der Waals surface area contributed by atoms with Gasteiger partial charge < -0.3 is 117 Å². The van der Waals surface area contributed by atoms with E-state index in [1.165, 1.54) is 34.6 Å². The molecule has 12 rings (SSSR count). The van der Waals surface area contributed by atoms with Gasteiger partial charge in [-0.3, -0.25) is 38.4 Å². The number of nitrogens with one attached hydrogen (secondary N) is 3. The minimum absolute atomic E-state index is 0.0248. The third-order valence-corrected chi connectivity index (χ3v) is 19.5. The van der Waals surface area contributed by atoms with Gasteiger partial charge in [0.25, 0.3) is 17.7 Å². The molecule has 0 saturated heterocycles. The predicted octanol–water partition coefficient (Wildman–Crippen LogP) is 3.51. The molecular weight excluding hydrogens is 1730 g/mol. The van der Waals surface area contributed by atoms with Crippen molar-refractivity contribution in [2.24, 2.45) is 5.73 Å². The molecule has 0 aliphatic carbocycles. The zero-order valence-corrected chi connectivity index (χ0v) is 73.7. The summed E-state index contributed by atoms with van der Waals surface area (Å²) in [5, 5.41) is 42.9. The van der Waals surface area contributed by atoms with Gasteiger partial charge >= 0.3 is 23.9 Å². The van der Waals surface area contributed by atoms with Crippen LogP contribution < -0.4 is 87.2 Å². The lowest BCUT2D eigenvalue weighted by atomic mass is 10.1. The van der Waals surface area contributed by atoms with Gasteiger partial charge in [0, 0.05) is 93.3 Å². The lowest BCUT2D eigenvalue weighted by Gasteiger charge is -2.20. The Balaban J connectivity index is 0.000000212. The average Bonchev–Trinajstić information content (AvgIpc) is 0.811. The molecule has 0 aliphatic heterocycles. The number of carboxylic acids is 4. The van der Waals surface area contributed by atoms with Crippen LogP contribution in [0.2, 0.25) is 0 Å². The third-order valence-electron chi connectivity index (χ3n) is 19.5. The SMILES string of the molecule is CC(=O)C(CCC(=O)O)NC(=O)c1ccc(N(C)Cc2cnc3nc(N)nc(N)c3n2)cc1.CC(=O)C(N)CCC(=O)O.CC(=O)CCC(NC(=O)c1ccc(N(C)Cc2cnc3nc(N)nc(N)c3n2)cc1)C(=O)O.CC(=O)CCC(NC(=O)c1ccc(N(C)Cc2cnc3nc(N)nc(N)c3n2)cc1)C(C)=O.CN(Cc1cnc2nc(N)nc(N)c2n1)c1ccc(C(=O)O)cc1. The van der Waals surface area contributed by atoms with Gasteiger partial charge in [-0.1, -0.05) is 0 Å². The van der Waals surface area contributed by atoms with E-state index < -0.39 is 59.9 Å². The highest BCUT2D eigenvalue weighted by molar-refractivity contribution is 6.00. The molecule has 0 bridgehead atoms. The van der Waals surface area contributed by atoms with Crippen LogP contribution >= 0.6 is 0 Å². The molecule has 25 N–H and O–H groups in total. The number of Topliss-reactive ketones (excluding diaryl/α,β-unsaturated/α-hetero) is 5. The van der Waals surface area contributed by atoms with Gasteiger partial charge in [-0.2, -0.15) is 39.9 Å². The maximum atomic E-state index is 12.5. The van der Waals surface area contributed by atoms with Gasteiger partial charge in [-0.15, -0.1) is 0 Å². The highest BCUT2D eigenvalue weighted by Crippen LogP contribution is 2.26. The van der Waals surface area contributed by atoms with Crippen LogP contribution in [0.25, 0.3) is 44.7 Å². The van der Waals surface area contributed by atoms with E-state index >= 15 is 0 Å². The fourth-order valence-electron chi connectivity index (χ4n) is 12.2. The van der Waals surface area contributed by atoms with Crippen molar-refractivity contribution in [2.75, 3.05) is 93.7 Å². The second kappa shape index (κ2) is 47.0. The summed E-state index contributed by atoms with van der Waals surface area (Å²) < 4.78 is 0. The van der Waals surface area contributed by atoms with Gasteiger partial charge in [-0.25, -0.2) is 49.5 Å². The zero-order chi connectivity index (χ0) is 97.8. The Morgan fingerprint density at radius 1 is 0.316 bits per heavy atom. The van der Waals surface area contributed by atoms with Crippen LogP contribution in [0.4, 0.5) is 69.8 Å². The third kappa shape index (κ3) is 30.5. The number of nitrogen functional groups attached to an aromatic ring is 8. The first kappa shape index (κ1) is 101. The summed E-state index contributed by atoms with van der Waals surface area (Å²) in [4.78, 5) is 211. The number of fused-ring (bicyclic) bond motifs is 4. The van der Waals surface area contributed by atoms with Crippen molar-refractivity contribution in [1.82, 2.24) is 95.7 Å². The highest BCUT2D eigenvalue weighted by Gasteiger charge is 2.25. The molecule has 4 atom stereocenters. The molecule has 133 heavy (non-hydrogen) atoms. The van der Waals surface area contributed by atoms with Crippen molar-refractivity contribution in [1.29, 1.82) is 0 Å². The number of carbonyl (C=O) groups excluding carboxylic acids is 8. The topological polar surface area (TPSA) is 775 Å². The van der Waals surface area contributed by atoms with Gasteiger partial charge in [0.2, 0.25) is 23.8 Å². The lowest BCUT2D eigenvalue weighted by Crippen LogP contribution is -2.41. The number of carboxylic acid groups (broad SMARTS) is 4. The van der Waals surface area contributed by atoms with Crippen molar-refractivity contribution in [2.45, 2.75) is 136 Å². The van der Waals surface area contributed by atoms with E-state index in [1.807, 2.05) is 47.8 Å². The molecule has 0 spiro atoms. The monoisotopic (exact) mass is 1820 g/mol. The van der Waals surface area contributed by atoms with E-state index in [1.54, 1.807) is 122 Å². The highest BCUT2D eigenvalue weighted by atomic mass is 16.4. The normalized spacial score (nSPS) is 11.6. The Bertz CT molecular complexity index is 5840. The Labute approximate surface area is 757 Å². The molecule has 12 aromatic rings. The number of aromatic nitrogens is 16.